The predicted octanol–water partition coefficient (Wildman–Crippen LogP) is 3.23. The average Bonchev–Trinajstić information content (AvgIpc) is 3.02. The second-order valence-electron chi connectivity index (χ2n) is 6.91. The quantitative estimate of drug-likeness (QED) is 0.853. The van der Waals surface area contributed by atoms with E-state index in [1.165, 1.54) is 5.56 Å². The summed E-state index contributed by atoms with van der Waals surface area (Å²) in [5, 5.41) is 0. The first-order valence-corrected chi connectivity index (χ1v) is 9.16. The number of anilines is 1. The minimum absolute atomic E-state index is 0.0115. The monoisotopic (exact) mass is 332 g/mol. The number of benzene rings is 1. The van der Waals surface area contributed by atoms with Crippen molar-refractivity contribution in [2.75, 3.05) is 17.7 Å². The largest absolute Gasteiger partial charge is 0.315 e. The summed E-state index contributed by atoms with van der Waals surface area (Å²) >= 11 is 1.73. The second kappa shape index (κ2) is 5.86. The molecule has 124 valence electrons. The summed E-state index contributed by atoms with van der Waals surface area (Å²) in [6.07, 6.45) is 1.40. The van der Waals surface area contributed by atoms with Crippen LogP contribution < -0.4 is 4.90 Å². The van der Waals surface area contributed by atoms with Gasteiger partial charge in [0.1, 0.15) is 6.04 Å². The van der Waals surface area contributed by atoms with Gasteiger partial charge in [0.2, 0.25) is 11.8 Å². The third-order valence-corrected chi connectivity index (χ3v) is 6.49. The molecule has 2 aliphatic heterocycles. The Morgan fingerprint density at radius 3 is 2.87 bits per heavy atom. The highest BCUT2D eigenvalue weighted by molar-refractivity contribution is 8.01. The van der Waals surface area contributed by atoms with Gasteiger partial charge in [-0.15, -0.1) is 11.8 Å². The van der Waals surface area contributed by atoms with Crippen LogP contribution in [0, 0.1) is 0 Å². The Morgan fingerprint density at radius 2 is 2.17 bits per heavy atom. The van der Waals surface area contributed by atoms with Gasteiger partial charge in [-0.2, -0.15) is 0 Å². The fourth-order valence-electron chi connectivity index (χ4n) is 3.45. The Bertz CT molecular complexity index is 646. The zero-order chi connectivity index (χ0) is 16.8. The van der Waals surface area contributed by atoms with E-state index in [4.69, 9.17) is 0 Å². The van der Waals surface area contributed by atoms with Crippen molar-refractivity contribution in [3.8, 4) is 0 Å². The van der Waals surface area contributed by atoms with Gasteiger partial charge in [-0.05, 0) is 37.0 Å². The molecule has 2 aliphatic rings. The summed E-state index contributed by atoms with van der Waals surface area (Å²) in [7, 11) is 1.81. The molecule has 0 spiro atoms. The maximum absolute atomic E-state index is 13.0. The summed E-state index contributed by atoms with van der Waals surface area (Å²) in [5.41, 5.74) is 2.11. The first-order chi connectivity index (χ1) is 10.8. The first-order valence-electron chi connectivity index (χ1n) is 8.17. The van der Waals surface area contributed by atoms with Crippen LogP contribution >= 0.6 is 11.8 Å². The molecule has 23 heavy (non-hydrogen) atoms. The van der Waals surface area contributed by atoms with E-state index in [1.807, 2.05) is 24.1 Å². The number of fused-ring (bicyclic) bond motifs is 1. The van der Waals surface area contributed by atoms with Crippen LogP contribution in [0.5, 0.6) is 0 Å². The summed E-state index contributed by atoms with van der Waals surface area (Å²) in [6, 6.07) is 7.75. The van der Waals surface area contributed by atoms with Crippen LogP contribution in [-0.2, 0) is 9.59 Å². The number of thioether (sulfide) groups is 1. The first kappa shape index (κ1) is 16.4. The molecule has 2 atom stereocenters. The number of carbonyl (C=O) groups is 2. The summed E-state index contributed by atoms with van der Waals surface area (Å²) in [4.78, 5) is 28.5. The van der Waals surface area contributed by atoms with E-state index in [9.17, 15) is 9.59 Å². The van der Waals surface area contributed by atoms with E-state index >= 15 is 0 Å². The number of carbonyl (C=O) groups excluding carboxylic acids is 2. The predicted molar refractivity (Wildman–Crippen MR) is 94.7 cm³/mol. The van der Waals surface area contributed by atoms with Gasteiger partial charge in [-0.3, -0.25) is 9.59 Å². The van der Waals surface area contributed by atoms with Gasteiger partial charge in [0.15, 0.2) is 0 Å². The minimum Gasteiger partial charge on any atom is -0.315 e. The third-order valence-electron chi connectivity index (χ3n) is 4.98. The Hall–Kier alpha value is -1.49. The Kier molecular flexibility index (Phi) is 4.17. The normalized spacial score (nSPS) is 26.7. The van der Waals surface area contributed by atoms with Crippen LogP contribution in [0.15, 0.2) is 24.3 Å². The highest BCUT2D eigenvalue weighted by atomic mass is 32.2. The summed E-state index contributed by atoms with van der Waals surface area (Å²) in [5.74, 6) is 1.23. The van der Waals surface area contributed by atoms with Crippen LogP contribution in [0.2, 0.25) is 0 Å². The fraction of sp³-hybridized carbons (Fsp3) is 0.556. The van der Waals surface area contributed by atoms with E-state index in [2.05, 4.69) is 32.9 Å². The Morgan fingerprint density at radius 1 is 1.43 bits per heavy atom. The molecule has 2 fully saturated rings. The van der Waals surface area contributed by atoms with Crippen LogP contribution in [0.4, 0.5) is 5.69 Å². The standard InChI is InChI=1S/C18H24N2O2S/c1-12(2)13-6-5-7-14(10-13)19(4)17(22)15-11-23-18(3)9-8-16(21)20(15)18/h5-7,10,12,15H,8-9,11H2,1-4H3/t15-,18-/m0/s1. The van der Waals surface area contributed by atoms with Crippen molar-refractivity contribution < 1.29 is 9.59 Å². The van der Waals surface area contributed by atoms with Gasteiger partial charge >= 0.3 is 0 Å². The van der Waals surface area contributed by atoms with E-state index in [-0.39, 0.29) is 22.7 Å². The molecule has 3 rings (SSSR count). The third kappa shape index (κ3) is 2.75. The van der Waals surface area contributed by atoms with Crippen LogP contribution in [0.3, 0.4) is 0 Å². The lowest BCUT2D eigenvalue weighted by atomic mass is 10.0. The Balaban J connectivity index is 1.83. The van der Waals surface area contributed by atoms with Crippen molar-refractivity contribution in [2.24, 2.45) is 0 Å². The lowest BCUT2D eigenvalue weighted by Crippen LogP contribution is -2.50. The molecule has 0 bridgehead atoms. The van der Waals surface area contributed by atoms with Crippen LogP contribution in [-0.4, -0.2) is 40.4 Å². The molecule has 0 radical (unpaired) electrons. The molecule has 2 amide bonds. The lowest BCUT2D eigenvalue weighted by Gasteiger charge is -2.32. The number of likely N-dealkylation sites (N-methyl/N-ethyl adjacent to an activating group) is 1. The van der Waals surface area contributed by atoms with Gasteiger partial charge in [0, 0.05) is 24.9 Å². The molecule has 4 nitrogen and oxygen atoms in total. The number of hydrogen-bond acceptors (Lipinski definition) is 3. The number of amides is 2. The molecule has 0 unspecified atom stereocenters. The summed E-state index contributed by atoms with van der Waals surface area (Å²) in [6.45, 7) is 6.36. The van der Waals surface area contributed by atoms with E-state index in [1.54, 1.807) is 16.7 Å². The molecule has 0 aromatic heterocycles. The highest BCUT2D eigenvalue weighted by Gasteiger charge is 2.53. The van der Waals surface area contributed by atoms with E-state index in [0.717, 1.165) is 12.1 Å². The van der Waals surface area contributed by atoms with Gasteiger partial charge in [-0.25, -0.2) is 0 Å². The van der Waals surface area contributed by atoms with Gasteiger partial charge in [0.25, 0.3) is 0 Å². The van der Waals surface area contributed by atoms with Crippen molar-refractivity contribution in [1.82, 2.24) is 4.90 Å². The summed E-state index contributed by atoms with van der Waals surface area (Å²) < 4.78 is 0. The molecule has 1 aromatic rings. The van der Waals surface area contributed by atoms with E-state index < -0.39 is 0 Å². The van der Waals surface area contributed by atoms with Crippen molar-refractivity contribution >= 4 is 29.3 Å². The average molecular weight is 332 g/mol. The van der Waals surface area contributed by atoms with E-state index in [0.29, 0.717) is 18.1 Å². The Labute approximate surface area is 142 Å². The van der Waals surface area contributed by atoms with Crippen molar-refractivity contribution in [3.63, 3.8) is 0 Å². The maximum atomic E-state index is 13.0. The molecular weight excluding hydrogens is 308 g/mol. The molecule has 0 N–H and O–H groups in total. The van der Waals surface area contributed by atoms with Gasteiger partial charge in [0.05, 0.1) is 4.87 Å². The van der Waals surface area contributed by atoms with Crippen LogP contribution in [0.25, 0.3) is 0 Å². The molecule has 2 saturated heterocycles. The zero-order valence-corrected chi connectivity index (χ0v) is 15.0. The van der Waals surface area contributed by atoms with Crippen LogP contribution in [0.1, 0.15) is 45.1 Å². The van der Waals surface area contributed by atoms with Gasteiger partial charge in [-0.1, -0.05) is 26.0 Å². The topological polar surface area (TPSA) is 40.6 Å². The smallest absolute Gasteiger partial charge is 0.250 e. The lowest BCUT2D eigenvalue weighted by molar-refractivity contribution is -0.136. The number of rotatable bonds is 3. The zero-order valence-electron chi connectivity index (χ0n) is 14.2. The molecule has 2 heterocycles. The minimum atomic E-state index is -0.340. The second-order valence-corrected chi connectivity index (χ2v) is 8.41. The SMILES string of the molecule is CC(C)c1cccc(N(C)C(=O)[C@@H]2CS[C@@]3(C)CCC(=O)N23)c1. The maximum Gasteiger partial charge on any atom is 0.250 e. The molecule has 1 aromatic carbocycles. The molecule has 0 aliphatic carbocycles. The van der Waals surface area contributed by atoms with Crippen molar-refractivity contribution in [3.05, 3.63) is 29.8 Å². The molecular formula is C18H24N2O2S. The van der Waals surface area contributed by atoms with Crippen molar-refractivity contribution in [2.45, 2.75) is 50.4 Å². The van der Waals surface area contributed by atoms with Crippen molar-refractivity contribution in [1.29, 1.82) is 0 Å². The highest BCUT2D eigenvalue weighted by Crippen LogP contribution is 2.47. The number of hydrogen-bond donors (Lipinski definition) is 0. The van der Waals surface area contributed by atoms with Gasteiger partial charge < -0.3 is 9.80 Å². The molecule has 5 heteroatoms. The fourth-order valence-corrected chi connectivity index (χ4v) is 4.87. The molecule has 0 saturated carbocycles. The number of nitrogens with zero attached hydrogens (tertiary/aromatic N) is 2.